The van der Waals surface area contributed by atoms with E-state index in [1.807, 2.05) is 17.6 Å². The van der Waals surface area contributed by atoms with Crippen molar-refractivity contribution in [3.8, 4) is 0 Å². The first kappa shape index (κ1) is 13.1. The number of nitrogens with zero attached hydrogens (tertiary/aromatic N) is 1. The Hall–Kier alpha value is -0.900. The molecule has 0 aliphatic heterocycles. The van der Waals surface area contributed by atoms with Gasteiger partial charge >= 0.3 is 0 Å². The minimum Gasteiger partial charge on any atom is -0.314 e. The van der Waals surface area contributed by atoms with E-state index in [-0.39, 0.29) is 0 Å². The molecule has 0 atom stereocenters. The van der Waals surface area contributed by atoms with Crippen molar-refractivity contribution >= 4 is 22.9 Å². The predicted octanol–water partition coefficient (Wildman–Crippen LogP) is 3.87. The molecule has 3 rings (SSSR count). The summed E-state index contributed by atoms with van der Waals surface area (Å²) in [5, 5.41) is 6.57. The second-order valence-electron chi connectivity index (χ2n) is 5.10. The van der Waals surface area contributed by atoms with E-state index in [2.05, 4.69) is 27.8 Å². The summed E-state index contributed by atoms with van der Waals surface area (Å²) >= 11 is 7.69. The smallest absolute Gasteiger partial charge is 0.0794 e. The summed E-state index contributed by atoms with van der Waals surface area (Å²) < 4.78 is 0. The predicted molar refractivity (Wildman–Crippen MR) is 81.0 cm³/mol. The third kappa shape index (κ3) is 3.35. The lowest BCUT2D eigenvalue weighted by molar-refractivity contribution is 0.292. The van der Waals surface area contributed by atoms with Crippen LogP contribution in [0.1, 0.15) is 30.0 Å². The summed E-state index contributed by atoms with van der Waals surface area (Å²) in [6.07, 6.45) is 3.47. The molecule has 1 aromatic heterocycles. The fraction of sp³-hybridized carbons (Fsp3) is 0.400. The minimum atomic E-state index is 0.655. The molecular weight excluding hydrogens is 276 g/mol. The molecular formula is C15H17ClN2S. The van der Waals surface area contributed by atoms with Crippen LogP contribution in [-0.2, 0) is 6.42 Å². The average Bonchev–Trinajstić information content (AvgIpc) is 2.85. The van der Waals surface area contributed by atoms with Crippen LogP contribution < -0.4 is 5.32 Å². The van der Waals surface area contributed by atoms with Crippen LogP contribution in [-0.4, -0.2) is 17.6 Å². The maximum absolute atomic E-state index is 6.03. The zero-order valence-corrected chi connectivity index (χ0v) is 12.3. The normalized spacial score (nSPS) is 22.2. The maximum atomic E-state index is 6.03. The molecule has 1 aliphatic carbocycles. The summed E-state index contributed by atoms with van der Waals surface area (Å²) in [6, 6.07) is 8.91. The van der Waals surface area contributed by atoms with E-state index in [1.54, 1.807) is 11.3 Å². The van der Waals surface area contributed by atoms with Crippen molar-refractivity contribution in [1.82, 2.24) is 10.3 Å². The Morgan fingerprint density at radius 2 is 2.26 bits per heavy atom. The number of nitrogens with one attached hydrogen (secondary N) is 1. The van der Waals surface area contributed by atoms with Crippen LogP contribution in [0.5, 0.6) is 0 Å². The zero-order valence-electron chi connectivity index (χ0n) is 10.7. The Bertz CT molecular complexity index is 521. The topological polar surface area (TPSA) is 24.9 Å². The fourth-order valence-corrected chi connectivity index (χ4v) is 3.37. The first-order chi connectivity index (χ1) is 9.31. The van der Waals surface area contributed by atoms with Gasteiger partial charge in [-0.3, -0.25) is 0 Å². The van der Waals surface area contributed by atoms with Crippen LogP contribution in [0.4, 0.5) is 0 Å². The van der Waals surface area contributed by atoms with Crippen molar-refractivity contribution in [2.75, 3.05) is 6.54 Å². The van der Waals surface area contributed by atoms with Crippen LogP contribution >= 0.6 is 22.9 Å². The average molecular weight is 293 g/mol. The summed E-state index contributed by atoms with van der Waals surface area (Å²) in [5.41, 5.74) is 4.47. The lowest BCUT2D eigenvalue weighted by Gasteiger charge is -2.36. The Morgan fingerprint density at radius 1 is 1.37 bits per heavy atom. The van der Waals surface area contributed by atoms with Gasteiger partial charge in [0.25, 0.3) is 0 Å². The van der Waals surface area contributed by atoms with E-state index in [4.69, 9.17) is 11.6 Å². The zero-order chi connectivity index (χ0) is 13.1. The second-order valence-corrected chi connectivity index (χ2v) is 6.26. The number of thiazole rings is 1. The molecule has 1 aromatic carbocycles. The van der Waals surface area contributed by atoms with Crippen LogP contribution in [0, 0.1) is 0 Å². The van der Waals surface area contributed by atoms with E-state index in [1.165, 1.54) is 24.1 Å². The van der Waals surface area contributed by atoms with Gasteiger partial charge in [-0.05, 0) is 36.5 Å². The van der Waals surface area contributed by atoms with Gasteiger partial charge in [0, 0.05) is 29.4 Å². The molecule has 19 heavy (non-hydrogen) atoms. The number of rotatable bonds is 5. The van der Waals surface area contributed by atoms with Crippen molar-refractivity contribution in [3.05, 3.63) is 51.4 Å². The minimum absolute atomic E-state index is 0.655. The highest BCUT2D eigenvalue weighted by molar-refractivity contribution is 7.07. The van der Waals surface area contributed by atoms with E-state index in [0.29, 0.717) is 12.0 Å². The van der Waals surface area contributed by atoms with E-state index in [0.717, 1.165) is 18.0 Å². The van der Waals surface area contributed by atoms with Gasteiger partial charge in [-0.1, -0.05) is 23.7 Å². The van der Waals surface area contributed by atoms with Crippen molar-refractivity contribution in [3.63, 3.8) is 0 Å². The SMILES string of the molecule is Clc1cccc(C2CC(NCCc3cscn3)C2)c1. The molecule has 1 N–H and O–H groups in total. The van der Waals surface area contributed by atoms with Gasteiger partial charge in [-0.15, -0.1) is 11.3 Å². The molecule has 0 saturated heterocycles. The first-order valence-corrected chi connectivity index (χ1v) is 7.99. The molecule has 1 saturated carbocycles. The summed E-state index contributed by atoms with van der Waals surface area (Å²) in [5.74, 6) is 0.676. The molecule has 0 unspecified atom stereocenters. The largest absolute Gasteiger partial charge is 0.314 e. The Labute approximate surface area is 122 Å². The quantitative estimate of drug-likeness (QED) is 0.905. The van der Waals surface area contributed by atoms with Crippen molar-refractivity contribution in [2.24, 2.45) is 0 Å². The maximum Gasteiger partial charge on any atom is 0.0794 e. The molecule has 0 amide bonds. The third-order valence-corrected chi connectivity index (χ3v) is 4.63. The number of aromatic nitrogens is 1. The lowest BCUT2D eigenvalue weighted by atomic mass is 9.76. The van der Waals surface area contributed by atoms with Crippen LogP contribution in [0.2, 0.25) is 5.02 Å². The summed E-state index contributed by atoms with van der Waals surface area (Å²) in [7, 11) is 0. The number of benzene rings is 1. The number of halogens is 1. The van der Waals surface area contributed by atoms with Gasteiger partial charge < -0.3 is 5.32 Å². The highest BCUT2D eigenvalue weighted by atomic mass is 35.5. The van der Waals surface area contributed by atoms with E-state index < -0.39 is 0 Å². The van der Waals surface area contributed by atoms with Gasteiger partial charge in [0.05, 0.1) is 11.2 Å². The second kappa shape index (κ2) is 6.04. The van der Waals surface area contributed by atoms with Crippen LogP contribution in [0.15, 0.2) is 35.2 Å². The fourth-order valence-electron chi connectivity index (χ4n) is 2.58. The van der Waals surface area contributed by atoms with Gasteiger partial charge in [0.2, 0.25) is 0 Å². The Kier molecular flexibility index (Phi) is 4.16. The molecule has 1 fully saturated rings. The number of hydrogen-bond acceptors (Lipinski definition) is 3. The molecule has 100 valence electrons. The Morgan fingerprint density at radius 3 is 3.00 bits per heavy atom. The van der Waals surface area contributed by atoms with Gasteiger partial charge in [-0.25, -0.2) is 4.98 Å². The van der Waals surface area contributed by atoms with Crippen molar-refractivity contribution < 1.29 is 0 Å². The van der Waals surface area contributed by atoms with Gasteiger partial charge in [0.1, 0.15) is 0 Å². The first-order valence-electron chi connectivity index (χ1n) is 6.67. The Balaban J connectivity index is 1.41. The highest BCUT2D eigenvalue weighted by Gasteiger charge is 2.29. The monoisotopic (exact) mass is 292 g/mol. The van der Waals surface area contributed by atoms with Crippen molar-refractivity contribution in [1.29, 1.82) is 0 Å². The molecule has 0 radical (unpaired) electrons. The third-order valence-electron chi connectivity index (χ3n) is 3.76. The summed E-state index contributed by atoms with van der Waals surface area (Å²) in [6.45, 7) is 1.02. The molecule has 2 aromatic rings. The standard InChI is InChI=1S/C15H17ClN2S/c16-13-3-1-2-11(6-13)12-7-15(8-12)17-5-4-14-9-19-10-18-14/h1-3,6,9-10,12,15,17H,4-5,7-8H2. The van der Waals surface area contributed by atoms with Crippen molar-refractivity contribution in [2.45, 2.75) is 31.2 Å². The van der Waals surface area contributed by atoms with Crippen LogP contribution in [0.25, 0.3) is 0 Å². The van der Waals surface area contributed by atoms with E-state index >= 15 is 0 Å². The molecule has 0 spiro atoms. The molecule has 2 nitrogen and oxygen atoms in total. The van der Waals surface area contributed by atoms with Gasteiger partial charge in [-0.2, -0.15) is 0 Å². The van der Waals surface area contributed by atoms with Gasteiger partial charge in [0.15, 0.2) is 0 Å². The van der Waals surface area contributed by atoms with Crippen LogP contribution in [0.3, 0.4) is 0 Å². The number of hydrogen-bond donors (Lipinski definition) is 1. The molecule has 1 heterocycles. The molecule has 1 aliphatic rings. The highest BCUT2D eigenvalue weighted by Crippen LogP contribution is 2.37. The van der Waals surface area contributed by atoms with E-state index in [9.17, 15) is 0 Å². The lowest BCUT2D eigenvalue weighted by Crippen LogP contribution is -2.40. The molecule has 0 bridgehead atoms. The molecule has 4 heteroatoms. The summed E-state index contributed by atoms with van der Waals surface area (Å²) in [4.78, 5) is 4.29.